The van der Waals surface area contributed by atoms with Crippen molar-refractivity contribution in [3.05, 3.63) is 29.7 Å². The molecule has 0 saturated carbocycles. The van der Waals surface area contributed by atoms with E-state index in [9.17, 15) is 0 Å². The van der Waals surface area contributed by atoms with Crippen molar-refractivity contribution < 1.29 is 4.42 Å². The highest BCUT2D eigenvalue weighted by Gasteiger charge is 2.12. The van der Waals surface area contributed by atoms with Crippen LogP contribution in [0.3, 0.4) is 0 Å². The topological polar surface area (TPSA) is 43.0 Å². The van der Waals surface area contributed by atoms with Crippen molar-refractivity contribution in [2.75, 3.05) is 13.6 Å². The summed E-state index contributed by atoms with van der Waals surface area (Å²) in [6.07, 6.45) is 3.00. The second kappa shape index (κ2) is 4.53. The maximum absolute atomic E-state index is 5.61. The molecule has 16 heavy (non-hydrogen) atoms. The van der Waals surface area contributed by atoms with Crippen molar-refractivity contribution in [3.63, 3.8) is 0 Å². The van der Waals surface area contributed by atoms with E-state index in [0.717, 1.165) is 30.2 Å². The van der Waals surface area contributed by atoms with Gasteiger partial charge in [0.1, 0.15) is 11.5 Å². The summed E-state index contributed by atoms with van der Waals surface area (Å²) in [7, 11) is 3.88. The monoisotopic (exact) mass is 219 g/mol. The van der Waals surface area contributed by atoms with Crippen LogP contribution < -0.4 is 5.32 Å². The molecule has 4 nitrogen and oxygen atoms in total. The second-order valence-electron chi connectivity index (χ2n) is 3.94. The average Bonchev–Trinajstić information content (AvgIpc) is 2.81. The van der Waals surface area contributed by atoms with E-state index in [1.807, 2.05) is 44.0 Å². The highest BCUT2D eigenvalue weighted by Crippen LogP contribution is 2.24. The molecule has 0 fully saturated rings. The van der Waals surface area contributed by atoms with Crippen LogP contribution in [0.4, 0.5) is 0 Å². The number of aromatic nitrogens is 2. The number of furan rings is 1. The molecule has 0 spiro atoms. The van der Waals surface area contributed by atoms with E-state index >= 15 is 0 Å². The zero-order valence-electron chi connectivity index (χ0n) is 9.95. The Morgan fingerprint density at radius 3 is 2.88 bits per heavy atom. The van der Waals surface area contributed by atoms with Gasteiger partial charge in [-0.1, -0.05) is 0 Å². The smallest absolute Gasteiger partial charge is 0.154 e. The molecule has 0 aliphatic heterocycles. The summed E-state index contributed by atoms with van der Waals surface area (Å²) in [6.45, 7) is 2.89. The Labute approximate surface area is 95.3 Å². The molecular weight excluding hydrogens is 202 g/mol. The van der Waals surface area contributed by atoms with E-state index < -0.39 is 0 Å². The lowest BCUT2D eigenvalue weighted by Gasteiger charge is -1.98. The summed E-state index contributed by atoms with van der Waals surface area (Å²) in [5.41, 5.74) is 2.16. The first-order valence-corrected chi connectivity index (χ1v) is 5.44. The summed E-state index contributed by atoms with van der Waals surface area (Å²) >= 11 is 0. The van der Waals surface area contributed by atoms with Crippen molar-refractivity contribution in [2.45, 2.75) is 13.3 Å². The van der Waals surface area contributed by atoms with Crippen molar-refractivity contribution >= 4 is 0 Å². The maximum Gasteiger partial charge on any atom is 0.154 e. The SMILES string of the molecule is CNCCc1cn(C)nc1-c1ccc(C)o1. The highest BCUT2D eigenvalue weighted by atomic mass is 16.3. The molecule has 0 unspecified atom stereocenters. The lowest BCUT2D eigenvalue weighted by molar-refractivity contribution is 0.544. The molecule has 0 atom stereocenters. The van der Waals surface area contributed by atoms with Crippen molar-refractivity contribution in [1.82, 2.24) is 15.1 Å². The summed E-state index contributed by atoms with van der Waals surface area (Å²) in [4.78, 5) is 0. The third kappa shape index (κ3) is 2.17. The zero-order chi connectivity index (χ0) is 11.5. The van der Waals surface area contributed by atoms with Crippen LogP contribution in [0.15, 0.2) is 22.7 Å². The minimum Gasteiger partial charge on any atom is -0.460 e. The van der Waals surface area contributed by atoms with Crippen LogP contribution in [-0.4, -0.2) is 23.4 Å². The zero-order valence-corrected chi connectivity index (χ0v) is 9.95. The van der Waals surface area contributed by atoms with Gasteiger partial charge in [0.15, 0.2) is 5.76 Å². The number of nitrogens with zero attached hydrogens (tertiary/aromatic N) is 2. The highest BCUT2D eigenvalue weighted by molar-refractivity contribution is 5.56. The molecule has 2 rings (SSSR count). The molecule has 2 aromatic rings. The molecule has 0 radical (unpaired) electrons. The van der Waals surface area contributed by atoms with Crippen LogP contribution in [0.2, 0.25) is 0 Å². The van der Waals surface area contributed by atoms with Crippen molar-refractivity contribution in [2.24, 2.45) is 7.05 Å². The predicted octanol–water partition coefficient (Wildman–Crippen LogP) is 1.75. The minimum absolute atomic E-state index is 0.851. The fourth-order valence-corrected chi connectivity index (χ4v) is 1.75. The fraction of sp³-hybridized carbons (Fsp3) is 0.417. The van der Waals surface area contributed by atoms with Gasteiger partial charge in [-0.25, -0.2) is 0 Å². The molecule has 2 heterocycles. The van der Waals surface area contributed by atoms with Crippen LogP contribution in [0.1, 0.15) is 11.3 Å². The largest absolute Gasteiger partial charge is 0.460 e. The Morgan fingerprint density at radius 1 is 1.44 bits per heavy atom. The fourth-order valence-electron chi connectivity index (χ4n) is 1.75. The van der Waals surface area contributed by atoms with Crippen LogP contribution in [-0.2, 0) is 13.5 Å². The van der Waals surface area contributed by atoms with Gasteiger partial charge >= 0.3 is 0 Å². The van der Waals surface area contributed by atoms with Gasteiger partial charge in [0.2, 0.25) is 0 Å². The van der Waals surface area contributed by atoms with E-state index in [4.69, 9.17) is 4.42 Å². The normalized spacial score (nSPS) is 10.9. The van der Waals surface area contributed by atoms with E-state index in [2.05, 4.69) is 10.4 Å². The number of rotatable bonds is 4. The van der Waals surface area contributed by atoms with Gasteiger partial charge < -0.3 is 9.73 Å². The molecule has 4 heteroatoms. The van der Waals surface area contributed by atoms with E-state index in [1.54, 1.807) is 0 Å². The second-order valence-corrected chi connectivity index (χ2v) is 3.94. The Kier molecular flexibility index (Phi) is 3.10. The maximum atomic E-state index is 5.61. The van der Waals surface area contributed by atoms with Crippen molar-refractivity contribution in [1.29, 1.82) is 0 Å². The molecule has 0 aliphatic carbocycles. The minimum atomic E-state index is 0.851. The predicted molar refractivity (Wildman–Crippen MR) is 63.3 cm³/mol. The van der Waals surface area contributed by atoms with E-state index in [1.165, 1.54) is 5.56 Å². The summed E-state index contributed by atoms with van der Waals surface area (Å²) in [6, 6.07) is 3.94. The molecule has 0 aromatic carbocycles. The standard InChI is InChI=1S/C12H17N3O/c1-9-4-5-11(16-9)12-10(6-7-13-2)8-15(3)14-12/h4-5,8,13H,6-7H2,1-3H3. The summed E-state index contributed by atoms with van der Waals surface area (Å²) < 4.78 is 7.44. The molecule has 1 N–H and O–H groups in total. The molecule has 0 aliphatic rings. The molecule has 0 amide bonds. The van der Waals surface area contributed by atoms with Crippen LogP contribution >= 0.6 is 0 Å². The molecule has 0 bridgehead atoms. The number of nitrogens with one attached hydrogen (secondary N) is 1. The van der Waals surface area contributed by atoms with Gasteiger partial charge in [0.05, 0.1) is 0 Å². The third-order valence-corrected chi connectivity index (χ3v) is 2.52. The summed E-state index contributed by atoms with van der Waals surface area (Å²) in [5.74, 6) is 1.77. The van der Waals surface area contributed by atoms with Gasteiger partial charge in [-0.3, -0.25) is 4.68 Å². The Morgan fingerprint density at radius 2 is 2.25 bits per heavy atom. The first kappa shape index (κ1) is 11.0. The lowest BCUT2D eigenvalue weighted by Crippen LogP contribution is -2.10. The van der Waals surface area contributed by atoms with Gasteiger partial charge in [-0.2, -0.15) is 5.10 Å². The number of hydrogen-bond donors (Lipinski definition) is 1. The Hall–Kier alpha value is -1.55. The Balaban J connectivity index is 2.32. The van der Waals surface area contributed by atoms with Crippen molar-refractivity contribution in [3.8, 4) is 11.5 Å². The van der Waals surface area contributed by atoms with Crippen LogP contribution in [0.25, 0.3) is 11.5 Å². The van der Waals surface area contributed by atoms with E-state index in [0.29, 0.717) is 0 Å². The average molecular weight is 219 g/mol. The van der Waals surface area contributed by atoms with Gasteiger partial charge in [0.25, 0.3) is 0 Å². The van der Waals surface area contributed by atoms with Gasteiger partial charge in [-0.15, -0.1) is 0 Å². The first-order chi connectivity index (χ1) is 7.70. The van der Waals surface area contributed by atoms with Crippen LogP contribution in [0.5, 0.6) is 0 Å². The molecule has 2 aromatic heterocycles. The summed E-state index contributed by atoms with van der Waals surface area (Å²) in [5, 5.41) is 7.58. The van der Waals surface area contributed by atoms with Gasteiger partial charge in [0, 0.05) is 18.8 Å². The van der Waals surface area contributed by atoms with E-state index in [-0.39, 0.29) is 0 Å². The Bertz CT molecular complexity index is 470. The van der Waals surface area contributed by atoms with Gasteiger partial charge in [-0.05, 0) is 39.1 Å². The third-order valence-electron chi connectivity index (χ3n) is 2.52. The number of hydrogen-bond acceptors (Lipinski definition) is 3. The molecular formula is C12H17N3O. The molecule has 0 saturated heterocycles. The quantitative estimate of drug-likeness (QED) is 0.852. The van der Waals surface area contributed by atoms with Crippen LogP contribution in [0, 0.1) is 6.92 Å². The molecule has 86 valence electrons. The number of likely N-dealkylation sites (N-methyl/N-ethyl adjacent to an activating group) is 1. The number of aryl methyl sites for hydroxylation is 2. The first-order valence-electron chi connectivity index (χ1n) is 5.44. The lowest BCUT2D eigenvalue weighted by atomic mass is 10.1.